The zero-order valence-corrected chi connectivity index (χ0v) is 26.7. The molecule has 15 heteroatoms. The average Bonchev–Trinajstić information content (AvgIpc) is 3.41. The van der Waals surface area contributed by atoms with E-state index in [4.69, 9.17) is 27.9 Å². The van der Waals surface area contributed by atoms with Gasteiger partial charge in [0.2, 0.25) is 17.6 Å². The lowest BCUT2D eigenvalue weighted by molar-refractivity contribution is -0.143. The number of carbonyl (C=O) groups excluding carboxylic acids is 4. The Morgan fingerprint density at radius 1 is 0.854 bits per heavy atom. The van der Waals surface area contributed by atoms with E-state index in [1.165, 1.54) is 30.2 Å². The highest BCUT2D eigenvalue weighted by atomic mass is 35.5. The first-order chi connectivity index (χ1) is 22.7. The third-order valence-electron chi connectivity index (χ3n) is 10.7. The van der Waals surface area contributed by atoms with Crippen molar-refractivity contribution in [3.63, 3.8) is 0 Å². The molecule has 2 aliphatic heterocycles. The first-order valence-electron chi connectivity index (χ1n) is 15.4. The number of methoxy groups -OCH3 is 1. The Balaban J connectivity index is 1.43. The van der Waals surface area contributed by atoms with Crippen LogP contribution in [0.1, 0.15) is 56.4 Å². The van der Waals surface area contributed by atoms with Gasteiger partial charge in [0.05, 0.1) is 18.9 Å². The zero-order valence-electron chi connectivity index (χ0n) is 25.2. The van der Waals surface area contributed by atoms with Crippen LogP contribution in [0.15, 0.2) is 29.8 Å². The van der Waals surface area contributed by atoms with Crippen LogP contribution in [0, 0.1) is 46.8 Å². The van der Waals surface area contributed by atoms with Crippen molar-refractivity contribution in [3.8, 4) is 11.5 Å². The van der Waals surface area contributed by atoms with Crippen LogP contribution in [0.5, 0.6) is 11.5 Å². The van der Waals surface area contributed by atoms with Gasteiger partial charge in [-0.2, -0.15) is 0 Å². The van der Waals surface area contributed by atoms with E-state index in [0.717, 1.165) is 19.3 Å². The van der Waals surface area contributed by atoms with Crippen LogP contribution in [-0.4, -0.2) is 56.5 Å². The second-order valence-electron chi connectivity index (χ2n) is 13.0. The molecule has 2 aromatic rings. The van der Waals surface area contributed by atoms with Crippen molar-refractivity contribution in [2.45, 2.75) is 66.7 Å². The van der Waals surface area contributed by atoms with E-state index in [9.17, 15) is 37.5 Å². The number of phenols is 1. The summed E-state index contributed by atoms with van der Waals surface area (Å²) < 4.78 is 78.7. The number of allylic oxidation sites excluding steroid dienone is 2. The van der Waals surface area contributed by atoms with Gasteiger partial charge in [-0.25, -0.2) is 26.9 Å². The molecular formula is C33H27Cl2F5N2O6. The largest absolute Gasteiger partial charge is 0.508 e. The van der Waals surface area contributed by atoms with Crippen LogP contribution in [0.25, 0.3) is 0 Å². The van der Waals surface area contributed by atoms with Crippen molar-refractivity contribution >= 4 is 52.5 Å². The molecule has 4 amide bonds. The molecule has 5 aliphatic rings. The normalized spacial score (nSPS) is 32.0. The van der Waals surface area contributed by atoms with E-state index in [-0.39, 0.29) is 40.3 Å². The molecule has 254 valence electrons. The smallest absolute Gasteiger partial charge is 0.258 e. The van der Waals surface area contributed by atoms with Gasteiger partial charge in [-0.3, -0.25) is 24.1 Å². The molecule has 0 spiro atoms. The molecule has 2 heterocycles. The Morgan fingerprint density at radius 2 is 1.48 bits per heavy atom. The minimum absolute atomic E-state index is 0.0460. The number of anilines is 1. The lowest BCUT2D eigenvalue weighted by atomic mass is 9.56. The van der Waals surface area contributed by atoms with Crippen molar-refractivity contribution in [3.05, 3.63) is 64.5 Å². The SMILES string of the molecule is COc1cc(O)ccc1[C@H]1C2=CC[C@@H]3C(=O)N(C4CCCCC4)C(=O)[C@@H]3[C@@H]2C[C@@]2(Cl)C(=O)N(c3c(F)c(F)c(F)c(F)c3F)C(=O)[C@@]12Cl. The first kappa shape index (κ1) is 32.8. The van der Waals surface area contributed by atoms with Gasteiger partial charge in [0.25, 0.3) is 11.8 Å². The van der Waals surface area contributed by atoms with Crippen molar-refractivity contribution in [1.29, 1.82) is 0 Å². The molecule has 0 unspecified atom stereocenters. The molecule has 2 aromatic carbocycles. The molecule has 2 saturated carbocycles. The summed E-state index contributed by atoms with van der Waals surface area (Å²) in [7, 11) is 1.24. The fourth-order valence-electron chi connectivity index (χ4n) is 8.57. The van der Waals surface area contributed by atoms with Crippen molar-refractivity contribution in [2.75, 3.05) is 12.0 Å². The molecule has 0 bridgehead atoms. The number of imide groups is 2. The van der Waals surface area contributed by atoms with E-state index in [2.05, 4.69) is 0 Å². The van der Waals surface area contributed by atoms with Gasteiger partial charge < -0.3 is 9.84 Å². The van der Waals surface area contributed by atoms with Gasteiger partial charge in [0, 0.05) is 23.6 Å². The number of likely N-dealkylation sites (tertiary alicyclic amines) is 1. The van der Waals surface area contributed by atoms with E-state index in [0.29, 0.717) is 18.4 Å². The number of nitrogens with zero attached hydrogens (tertiary/aromatic N) is 2. The van der Waals surface area contributed by atoms with E-state index < -0.39 is 92.3 Å². The highest BCUT2D eigenvalue weighted by molar-refractivity contribution is 6.58. The van der Waals surface area contributed by atoms with Crippen LogP contribution in [0.2, 0.25) is 0 Å². The number of carbonyl (C=O) groups is 4. The fraction of sp³-hybridized carbons (Fsp3) is 0.455. The van der Waals surface area contributed by atoms with Crippen LogP contribution in [0.4, 0.5) is 27.6 Å². The summed E-state index contributed by atoms with van der Waals surface area (Å²) in [5, 5.41) is 10.2. The molecule has 6 atom stereocenters. The highest BCUT2D eigenvalue weighted by Crippen LogP contribution is 2.67. The molecule has 3 aliphatic carbocycles. The number of benzene rings is 2. The molecule has 0 aromatic heterocycles. The third kappa shape index (κ3) is 4.12. The lowest BCUT2D eigenvalue weighted by Gasteiger charge is -2.51. The number of alkyl halides is 2. The Bertz CT molecular complexity index is 1820. The number of aromatic hydroxyl groups is 1. The maximum absolute atomic E-state index is 15.2. The monoisotopic (exact) mass is 712 g/mol. The second-order valence-corrected chi connectivity index (χ2v) is 14.2. The van der Waals surface area contributed by atoms with Crippen molar-refractivity contribution < 1.29 is 51.0 Å². The summed E-state index contributed by atoms with van der Waals surface area (Å²) in [4.78, 5) is 52.3. The summed E-state index contributed by atoms with van der Waals surface area (Å²) >= 11 is 14.3. The number of hydrogen-bond acceptors (Lipinski definition) is 6. The van der Waals surface area contributed by atoms with Gasteiger partial charge in [0.15, 0.2) is 33.0 Å². The number of hydrogen-bond donors (Lipinski definition) is 1. The number of fused-ring (bicyclic) bond motifs is 4. The van der Waals surface area contributed by atoms with Crippen LogP contribution in [-0.2, 0) is 19.2 Å². The number of halogens is 7. The Labute approximate surface area is 280 Å². The second kappa shape index (κ2) is 11.2. The summed E-state index contributed by atoms with van der Waals surface area (Å²) in [6.45, 7) is 0. The van der Waals surface area contributed by atoms with Gasteiger partial charge in [-0.15, -0.1) is 23.2 Å². The van der Waals surface area contributed by atoms with E-state index in [1.807, 2.05) is 0 Å². The third-order valence-corrected chi connectivity index (χ3v) is 12.1. The predicted molar refractivity (Wildman–Crippen MR) is 160 cm³/mol. The van der Waals surface area contributed by atoms with Crippen LogP contribution in [0.3, 0.4) is 0 Å². The van der Waals surface area contributed by atoms with Gasteiger partial charge >= 0.3 is 0 Å². The van der Waals surface area contributed by atoms with Crippen molar-refractivity contribution in [2.24, 2.45) is 17.8 Å². The van der Waals surface area contributed by atoms with Gasteiger partial charge in [-0.1, -0.05) is 37.0 Å². The fourth-order valence-corrected chi connectivity index (χ4v) is 9.50. The van der Waals surface area contributed by atoms with E-state index in [1.54, 1.807) is 6.08 Å². The predicted octanol–water partition coefficient (Wildman–Crippen LogP) is 5.99. The quantitative estimate of drug-likeness (QED) is 0.104. The van der Waals surface area contributed by atoms with Gasteiger partial charge in [-0.05, 0) is 37.7 Å². The summed E-state index contributed by atoms with van der Waals surface area (Å²) in [5.41, 5.74) is -1.47. The molecule has 48 heavy (non-hydrogen) atoms. The molecular weight excluding hydrogens is 686 g/mol. The minimum atomic E-state index is -2.68. The molecule has 1 N–H and O–H groups in total. The van der Waals surface area contributed by atoms with E-state index >= 15 is 8.78 Å². The number of phenolic OH excluding ortho intramolecular Hbond substituents is 1. The Hall–Kier alpha value is -3.71. The summed E-state index contributed by atoms with van der Waals surface area (Å²) in [6, 6.07) is 3.41. The maximum atomic E-state index is 15.2. The number of rotatable bonds is 4. The van der Waals surface area contributed by atoms with Gasteiger partial charge in [0.1, 0.15) is 17.2 Å². The standard InChI is InChI=1S/C33H27Cl2F5N2O6/c1-48-19-11-14(43)7-8-16(19)21-15-9-10-17-20(29(45)41(28(17)44)13-5-3-2-4-6-13)18(15)12-32(34)30(46)42(31(47)33(21,32)35)27-25(39)23(37)22(36)24(38)26(27)40/h7-9,11,13,17-18,20-21,43H,2-6,10,12H2,1H3/t17-,18+,20-,21+,32+,33-/m0/s1. The zero-order chi connectivity index (χ0) is 34.6. The number of amides is 4. The maximum Gasteiger partial charge on any atom is 0.258 e. The molecule has 8 nitrogen and oxygen atoms in total. The minimum Gasteiger partial charge on any atom is -0.508 e. The molecule has 2 saturated heterocycles. The van der Waals surface area contributed by atoms with Crippen LogP contribution < -0.4 is 9.64 Å². The highest BCUT2D eigenvalue weighted by Gasteiger charge is 2.77. The van der Waals surface area contributed by atoms with Crippen molar-refractivity contribution in [1.82, 2.24) is 4.90 Å². The first-order valence-corrected chi connectivity index (χ1v) is 16.2. The lowest BCUT2D eigenvalue weighted by Crippen LogP contribution is -2.60. The Morgan fingerprint density at radius 3 is 2.10 bits per heavy atom. The average molecular weight is 713 g/mol. The van der Waals surface area contributed by atoms with Crippen LogP contribution >= 0.6 is 23.2 Å². The summed E-state index contributed by atoms with van der Waals surface area (Å²) in [6.07, 6.45) is 4.96. The summed E-state index contributed by atoms with van der Waals surface area (Å²) in [5.74, 6) is -21.0. The molecule has 4 fully saturated rings. The molecule has 7 rings (SSSR count). The molecule has 0 radical (unpaired) electrons. The number of ether oxygens (including phenoxy) is 1. The Kier molecular flexibility index (Phi) is 7.63. The topological polar surface area (TPSA) is 104 Å².